The number of methoxy groups -OCH3 is 1. The number of para-hydroxylation sites is 1. The number of amides is 1. The lowest BCUT2D eigenvalue weighted by molar-refractivity contribution is 0.102. The van der Waals surface area contributed by atoms with Gasteiger partial charge in [0, 0.05) is 24.0 Å². The van der Waals surface area contributed by atoms with Crippen LogP contribution in [0.5, 0.6) is 5.75 Å². The summed E-state index contributed by atoms with van der Waals surface area (Å²) in [5, 5.41) is 10.9. The molecule has 0 radical (unpaired) electrons. The highest BCUT2D eigenvalue weighted by atomic mass is 16.5. The molecule has 4 rings (SSSR count). The Balaban J connectivity index is 1.26. The number of nitrogens with one attached hydrogen (secondary N) is 2. The van der Waals surface area contributed by atoms with Crippen LogP contribution in [-0.2, 0) is 13.0 Å². The van der Waals surface area contributed by atoms with Crippen molar-refractivity contribution in [2.45, 2.75) is 13.0 Å². The number of hydrogen-bond donors (Lipinski definition) is 2. The van der Waals surface area contributed by atoms with Gasteiger partial charge in [0.05, 0.1) is 19.0 Å². The van der Waals surface area contributed by atoms with E-state index in [0.29, 0.717) is 5.56 Å². The predicted octanol–water partition coefficient (Wildman–Crippen LogP) is 4.47. The number of hydrogen-bond acceptors (Lipinski definition) is 4. The first kappa shape index (κ1) is 21.3. The van der Waals surface area contributed by atoms with Gasteiger partial charge in [0.15, 0.2) is 0 Å². The lowest BCUT2D eigenvalue weighted by atomic mass is 10.1. The van der Waals surface area contributed by atoms with Crippen molar-refractivity contribution in [2.75, 3.05) is 19.0 Å². The van der Waals surface area contributed by atoms with E-state index in [-0.39, 0.29) is 5.91 Å². The van der Waals surface area contributed by atoms with Gasteiger partial charge in [0.1, 0.15) is 5.75 Å². The summed E-state index contributed by atoms with van der Waals surface area (Å²) in [6.45, 7) is 1.56. The average Bonchev–Trinajstić information content (AvgIpc) is 3.32. The minimum atomic E-state index is -0.145. The largest absolute Gasteiger partial charge is 0.497 e. The standard InChI is InChI=1S/C26H26N4O2/c1-32-25-12-10-22(11-13-25)26(31)29-23-7-5-6-20(16-23)17-27-15-14-21-18-28-30(19-21)24-8-3-2-4-9-24/h2-13,16,18-19,27H,14-15,17H2,1H3,(H,29,31). The lowest BCUT2D eigenvalue weighted by Crippen LogP contribution is -2.17. The van der Waals surface area contributed by atoms with Crippen molar-refractivity contribution < 1.29 is 9.53 Å². The SMILES string of the molecule is COc1ccc(C(=O)Nc2cccc(CNCCc3cnn(-c4ccccc4)c3)c2)cc1. The third-order valence-corrected chi connectivity index (χ3v) is 5.11. The van der Waals surface area contributed by atoms with Crippen LogP contribution in [0, 0.1) is 0 Å². The Hall–Kier alpha value is -3.90. The molecule has 0 aliphatic carbocycles. The van der Waals surface area contributed by atoms with Crippen LogP contribution in [-0.4, -0.2) is 29.3 Å². The molecule has 6 nitrogen and oxygen atoms in total. The number of anilines is 1. The Labute approximate surface area is 187 Å². The Bertz CT molecular complexity index is 1150. The molecule has 0 atom stereocenters. The van der Waals surface area contributed by atoms with Crippen molar-refractivity contribution in [3.05, 3.63) is 108 Å². The van der Waals surface area contributed by atoms with Gasteiger partial charge in [-0.15, -0.1) is 0 Å². The highest BCUT2D eigenvalue weighted by molar-refractivity contribution is 6.04. The van der Waals surface area contributed by atoms with Crippen molar-refractivity contribution in [3.8, 4) is 11.4 Å². The van der Waals surface area contributed by atoms with Crippen LogP contribution < -0.4 is 15.4 Å². The smallest absolute Gasteiger partial charge is 0.255 e. The molecule has 0 unspecified atom stereocenters. The Morgan fingerprint density at radius 1 is 0.969 bits per heavy atom. The van der Waals surface area contributed by atoms with Gasteiger partial charge < -0.3 is 15.4 Å². The zero-order valence-corrected chi connectivity index (χ0v) is 18.0. The van der Waals surface area contributed by atoms with Gasteiger partial charge >= 0.3 is 0 Å². The molecule has 6 heteroatoms. The van der Waals surface area contributed by atoms with Crippen molar-refractivity contribution >= 4 is 11.6 Å². The first-order valence-electron chi connectivity index (χ1n) is 10.6. The fourth-order valence-electron chi connectivity index (χ4n) is 3.38. The molecule has 0 aliphatic heterocycles. The van der Waals surface area contributed by atoms with E-state index < -0.39 is 0 Å². The Morgan fingerprint density at radius 3 is 2.56 bits per heavy atom. The van der Waals surface area contributed by atoms with Gasteiger partial charge in [0.2, 0.25) is 0 Å². The minimum absolute atomic E-state index is 0.145. The molecule has 1 heterocycles. The van der Waals surface area contributed by atoms with Crippen molar-refractivity contribution in [3.63, 3.8) is 0 Å². The summed E-state index contributed by atoms with van der Waals surface area (Å²) < 4.78 is 7.03. The van der Waals surface area contributed by atoms with Crippen LogP contribution in [0.1, 0.15) is 21.5 Å². The van der Waals surface area contributed by atoms with E-state index in [1.54, 1.807) is 31.4 Å². The summed E-state index contributed by atoms with van der Waals surface area (Å²) in [6, 6.07) is 25.0. The third kappa shape index (κ3) is 5.62. The van der Waals surface area contributed by atoms with Crippen LogP contribution in [0.15, 0.2) is 91.3 Å². The molecule has 0 aliphatic rings. The zero-order chi connectivity index (χ0) is 22.2. The van der Waals surface area contributed by atoms with E-state index in [2.05, 4.69) is 21.9 Å². The van der Waals surface area contributed by atoms with Gasteiger partial charge in [-0.25, -0.2) is 4.68 Å². The monoisotopic (exact) mass is 426 g/mol. The molecule has 0 saturated heterocycles. The summed E-state index contributed by atoms with van der Waals surface area (Å²) in [5.41, 5.74) is 4.71. The van der Waals surface area contributed by atoms with E-state index in [0.717, 1.165) is 42.2 Å². The molecule has 3 aromatic carbocycles. The second kappa shape index (κ2) is 10.4. The Morgan fingerprint density at radius 2 is 1.78 bits per heavy atom. The minimum Gasteiger partial charge on any atom is -0.497 e. The molecule has 0 fully saturated rings. The second-order valence-corrected chi connectivity index (χ2v) is 7.44. The molecule has 1 aromatic heterocycles. The maximum atomic E-state index is 12.5. The maximum Gasteiger partial charge on any atom is 0.255 e. The number of carbonyl (C=O) groups is 1. The van der Waals surface area contributed by atoms with Gasteiger partial charge in [-0.05, 0) is 72.6 Å². The highest BCUT2D eigenvalue weighted by Gasteiger charge is 2.07. The van der Waals surface area contributed by atoms with Crippen molar-refractivity contribution in [1.29, 1.82) is 0 Å². The molecular formula is C26H26N4O2. The van der Waals surface area contributed by atoms with Gasteiger partial charge in [-0.3, -0.25) is 4.79 Å². The van der Waals surface area contributed by atoms with Crippen molar-refractivity contribution in [1.82, 2.24) is 15.1 Å². The fraction of sp³-hybridized carbons (Fsp3) is 0.154. The third-order valence-electron chi connectivity index (χ3n) is 5.11. The van der Waals surface area contributed by atoms with Crippen LogP contribution in [0.3, 0.4) is 0 Å². The summed E-state index contributed by atoms with van der Waals surface area (Å²) in [4.78, 5) is 12.5. The molecular weight excluding hydrogens is 400 g/mol. The van der Waals surface area contributed by atoms with Crippen LogP contribution in [0.25, 0.3) is 5.69 Å². The number of benzene rings is 3. The van der Waals surface area contributed by atoms with E-state index in [9.17, 15) is 4.79 Å². The topological polar surface area (TPSA) is 68.2 Å². The van der Waals surface area contributed by atoms with Crippen molar-refractivity contribution in [2.24, 2.45) is 0 Å². The number of rotatable bonds is 9. The molecule has 162 valence electrons. The normalized spacial score (nSPS) is 10.7. The van der Waals surface area contributed by atoms with E-state index in [4.69, 9.17) is 4.74 Å². The Kier molecular flexibility index (Phi) is 6.94. The maximum absolute atomic E-state index is 12.5. The summed E-state index contributed by atoms with van der Waals surface area (Å²) in [5.74, 6) is 0.579. The molecule has 1 amide bonds. The van der Waals surface area contributed by atoms with Crippen LogP contribution in [0.4, 0.5) is 5.69 Å². The van der Waals surface area contributed by atoms with E-state index >= 15 is 0 Å². The molecule has 2 N–H and O–H groups in total. The molecule has 4 aromatic rings. The molecule has 32 heavy (non-hydrogen) atoms. The summed E-state index contributed by atoms with van der Waals surface area (Å²) >= 11 is 0. The van der Waals surface area contributed by atoms with Gasteiger partial charge in [0.25, 0.3) is 5.91 Å². The average molecular weight is 427 g/mol. The second-order valence-electron chi connectivity index (χ2n) is 7.44. The molecule has 0 bridgehead atoms. The first-order chi connectivity index (χ1) is 15.7. The van der Waals surface area contributed by atoms with Crippen LogP contribution in [0.2, 0.25) is 0 Å². The number of nitrogens with zero attached hydrogens (tertiary/aromatic N) is 2. The number of aromatic nitrogens is 2. The van der Waals surface area contributed by atoms with E-state index in [1.165, 1.54) is 5.56 Å². The highest BCUT2D eigenvalue weighted by Crippen LogP contribution is 2.15. The fourth-order valence-corrected chi connectivity index (χ4v) is 3.38. The zero-order valence-electron chi connectivity index (χ0n) is 18.0. The summed E-state index contributed by atoms with van der Waals surface area (Å²) in [6.07, 6.45) is 4.86. The predicted molar refractivity (Wildman–Crippen MR) is 126 cm³/mol. The summed E-state index contributed by atoms with van der Waals surface area (Å²) in [7, 11) is 1.60. The number of carbonyl (C=O) groups excluding carboxylic acids is 1. The van der Waals surface area contributed by atoms with Gasteiger partial charge in [-0.1, -0.05) is 30.3 Å². The van der Waals surface area contributed by atoms with Gasteiger partial charge in [-0.2, -0.15) is 5.10 Å². The van der Waals surface area contributed by atoms with E-state index in [1.807, 2.05) is 65.5 Å². The van der Waals surface area contributed by atoms with Crippen LogP contribution >= 0.6 is 0 Å². The lowest BCUT2D eigenvalue weighted by Gasteiger charge is -2.09. The quantitative estimate of drug-likeness (QED) is 0.388. The first-order valence-corrected chi connectivity index (χ1v) is 10.6. The molecule has 0 spiro atoms. The molecule has 0 saturated carbocycles. The number of ether oxygens (including phenoxy) is 1.